The van der Waals surface area contributed by atoms with Gasteiger partial charge in [-0.05, 0) is 59.9 Å². The van der Waals surface area contributed by atoms with E-state index in [4.69, 9.17) is 21.1 Å². The second-order valence-electron chi connectivity index (χ2n) is 9.00. The molecule has 1 unspecified atom stereocenters. The second kappa shape index (κ2) is 11.4. The molecule has 1 aliphatic heterocycles. The Hall–Kier alpha value is -4.29. The number of rotatable bonds is 8. The van der Waals surface area contributed by atoms with Crippen LogP contribution in [0.4, 0.5) is 0 Å². The Bertz CT molecular complexity index is 1450. The van der Waals surface area contributed by atoms with Crippen molar-refractivity contribution >= 4 is 23.5 Å². The molecule has 1 amide bonds. The van der Waals surface area contributed by atoms with E-state index in [9.17, 15) is 14.7 Å². The fourth-order valence-corrected chi connectivity index (χ4v) is 4.79. The summed E-state index contributed by atoms with van der Waals surface area (Å²) in [5, 5.41) is 12.7. The SMILES string of the molecule is O=C(NCCc1ccccc1-c1ccccc1)c1ccc(Oc2cc3c(cc2Cl)C(C(=O)O)CCO3)cc1. The van der Waals surface area contributed by atoms with Gasteiger partial charge in [-0.25, -0.2) is 0 Å². The third kappa shape index (κ3) is 5.66. The standard InChI is InChI=1S/C31H26ClNO5/c32-27-18-26-25(31(35)36)15-17-37-28(26)19-29(27)38-23-12-10-22(11-13-23)30(34)33-16-14-21-8-4-5-9-24(21)20-6-2-1-3-7-20/h1-13,18-19,25H,14-17H2,(H,33,34)(H,35,36). The molecular weight excluding hydrogens is 502 g/mol. The van der Waals surface area contributed by atoms with E-state index >= 15 is 0 Å². The third-order valence-electron chi connectivity index (χ3n) is 6.53. The zero-order valence-corrected chi connectivity index (χ0v) is 21.3. The number of amides is 1. The molecule has 0 radical (unpaired) electrons. The zero-order valence-electron chi connectivity index (χ0n) is 20.5. The van der Waals surface area contributed by atoms with Crippen LogP contribution in [-0.2, 0) is 11.2 Å². The van der Waals surface area contributed by atoms with Crippen LogP contribution in [0.1, 0.15) is 33.8 Å². The molecule has 0 saturated heterocycles. The van der Waals surface area contributed by atoms with Gasteiger partial charge < -0.3 is 19.9 Å². The predicted molar refractivity (Wildman–Crippen MR) is 146 cm³/mol. The number of nitrogens with one attached hydrogen (secondary N) is 1. The van der Waals surface area contributed by atoms with Crippen LogP contribution >= 0.6 is 11.6 Å². The van der Waals surface area contributed by atoms with Crippen LogP contribution in [0, 0.1) is 0 Å². The smallest absolute Gasteiger partial charge is 0.311 e. The first-order valence-corrected chi connectivity index (χ1v) is 12.8. The normalized spacial score (nSPS) is 14.2. The lowest BCUT2D eigenvalue weighted by Crippen LogP contribution is -2.25. The fraction of sp³-hybridized carbons (Fsp3) is 0.161. The van der Waals surface area contributed by atoms with Gasteiger partial charge in [0.15, 0.2) is 0 Å². The number of halogens is 1. The molecule has 1 atom stereocenters. The summed E-state index contributed by atoms with van der Waals surface area (Å²) in [5.74, 6) is -0.443. The van der Waals surface area contributed by atoms with Crippen molar-refractivity contribution < 1.29 is 24.2 Å². The van der Waals surface area contributed by atoms with Gasteiger partial charge in [-0.1, -0.05) is 66.2 Å². The van der Waals surface area contributed by atoms with Gasteiger partial charge in [-0.2, -0.15) is 0 Å². The minimum atomic E-state index is -0.909. The molecule has 7 heteroatoms. The van der Waals surface area contributed by atoms with E-state index in [1.165, 1.54) is 5.56 Å². The van der Waals surface area contributed by atoms with Crippen LogP contribution in [0.2, 0.25) is 5.02 Å². The highest BCUT2D eigenvalue weighted by molar-refractivity contribution is 6.32. The number of carboxylic acid groups (broad SMARTS) is 1. The summed E-state index contributed by atoms with van der Waals surface area (Å²) in [6, 6.07) is 28.3. The molecule has 1 aliphatic rings. The van der Waals surface area contributed by atoms with Crippen LogP contribution in [0.3, 0.4) is 0 Å². The van der Waals surface area contributed by atoms with E-state index in [2.05, 4.69) is 29.6 Å². The number of hydrogen-bond acceptors (Lipinski definition) is 4. The highest BCUT2D eigenvalue weighted by Crippen LogP contribution is 2.41. The summed E-state index contributed by atoms with van der Waals surface area (Å²) < 4.78 is 11.5. The van der Waals surface area contributed by atoms with Crippen molar-refractivity contribution in [3.8, 4) is 28.4 Å². The average molecular weight is 528 g/mol. The van der Waals surface area contributed by atoms with Gasteiger partial charge in [0.1, 0.15) is 17.2 Å². The molecule has 4 aromatic carbocycles. The summed E-state index contributed by atoms with van der Waals surface area (Å²) >= 11 is 6.38. The molecular formula is C31H26ClNO5. The summed E-state index contributed by atoms with van der Waals surface area (Å²) in [6.07, 6.45) is 1.10. The molecule has 0 bridgehead atoms. The van der Waals surface area contributed by atoms with E-state index in [1.54, 1.807) is 36.4 Å². The zero-order chi connectivity index (χ0) is 26.5. The summed E-state index contributed by atoms with van der Waals surface area (Å²) in [6.45, 7) is 0.815. The maximum atomic E-state index is 12.7. The Kier molecular flexibility index (Phi) is 7.61. The first-order valence-electron chi connectivity index (χ1n) is 12.4. The van der Waals surface area contributed by atoms with Gasteiger partial charge in [0.05, 0.1) is 17.5 Å². The number of aliphatic carboxylic acids is 1. The summed E-state index contributed by atoms with van der Waals surface area (Å²) in [7, 11) is 0. The van der Waals surface area contributed by atoms with Crippen molar-refractivity contribution in [1.29, 1.82) is 0 Å². The average Bonchev–Trinajstić information content (AvgIpc) is 2.94. The van der Waals surface area contributed by atoms with Gasteiger partial charge in [0.2, 0.25) is 0 Å². The summed E-state index contributed by atoms with van der Waals surface area (Å²) in [4.78, 5) is 24.3. The maximum absolute atomic E-state index is 12.7. The monoisotopic (exact) mass is 527 g/mol. The first-order chi connectivity index (χ1) is 18.5. The molecule has 0 spiro atoms. The van der Waals surface area contributed by atoms with Crippen LogP contribution in [0.5, 0.6) is 17.2 Å². The van der Waals surface area contributed by atoms with E-state index in [0.29, 0.717) is 54.4 Å². The highest BCUT2D eigenvalue weighted by Gasteiger charge is 2.29. The molecule has 1 heterocycles. The van der Waals surface area contributed by atoms with E-state index < -0.39 is 11.9 Å². The van der Waals surface area contributed by atoms with Crippen molar-refractivity contribution in [2.24, 2.45) is 0 Å². The molecule has 0 saturated carbocycles. The van der Waals surface area contributed by atoms with Crippen molar-refractivity contribution in [3.63, 3.8) is 0 Å². The van der Waals surface area contributed by atoms with Gasteiger partial charge in [0, 0.05) is 23.7 Å². The Balaban J connectivity index is 1.21. The van der Waals surface area contributed by atoms with Gasteiger partial charge >= 0.3 is 5.97 Å². The number of carboxylic acids is 1. The molecule has 38 heavy (non-hydrogen) atoms. The number of fused-ring (bicyclic) bond motifs is 1. The lowest BCUT2D eigenvalue weighted by atomic mass is 9.93. The molecule has 6 nitrogen and oxygen atoms in total. The third-order valence-corrected chi connectivity index (χ3v) is 6.82. The minimum Gasteiger partial charge on any atom is -0.493 e. The van der Waals surface area contributed by atoms with Crippen molar-refractivity contribution in [2.45, 2.75) is 18.8 Å². The van der Waals surface area contributed by atoms with Crippen molar-refractivity contribution in [1.82, 2.24) is 5.32 Å². The maximum Gasteiger partial charge on any atom is 0.311 e. The van der Waals surface area contributed by atoms with E-state index in [0.717, 1.165) is 11.1 Å². The molecule has 192 valence electrons. The molecule has 5 rings (SSSR count). The predicted octanol–water partition coefficient (Wildman–Crippen LogP) is 6.72. The van der Waals surface area contributed by atoms with Gasteiger partial charge in [0.25, 0.3) is 5.91 Å². The van der Waals surface area contributed by atoms with Crippen molar-refractivity contribution in [2.75, 3.05) is 13.2 Å². The number of carbonyl (C=O) groups is 2. The fourth-order valence-electron chi connectivity index (χ4n) is 4.58. The Labute approximate surface area is 225 Å². The van der Waals surface area contributed by atoms with Crippen LogP contribution in [0.25, 0.3) is 11.1 Å². The number of carbonyl (C=O) groups excluding carboxylic acids is 1. The van der Waals surface area contributed by atoms with Crippen LogP contribution in [-0.4, -0.2) is 30.1 Å². The molecule has 0 fully saturated rings. The van der Waals surface area contributed by atoms with E-state index in [1.807, 2.05) is 30.3 Å². The quantitative estimate of drug-likeness (QED) is 0.265. The van der Waals surface area contributed by atoms with Crippen molar-refractivity contribution in [3.05, 3.63) is 113 Å². The van der Waals surface area contributed by atoms with Gasteiger partial charge in [-0.15, -0.1) is 0 Å². The number of ether oxygens (including phenoxy) is 2. The molecule has 0 aromatic heterocycles. The molecule has 2 N–H and O–H groups in total. The molecule has 0 aliphatic carbocycles. The Morgan fingerprint density at radius 3 is 2.47 bits per heavy atom. The lowest BCUT2D eigenvalue weighted by Gasteiger charge is -2.24. The Morgan fingerprint density at radius 1 is 0.974 bits per heavy atom. The number of hydrogen-bond donors (Lipinski definition) is 2. The largest absolute Gasteiger partial charge is 0.493 e. The summed E-state index contributed by atoms with van der Waals surface area (Å²) in [5.41, 5.74) is 4.53. The van der Waals surface area contributed by atoms with Gasteiger partial charge in [-0.3, -0.25) is 9.59 Å². The van der Waals surface area contributed by atoms with E-state index in [-0.39, 0.29) is 10.9 Å². The van der Waals surface area contributed by atoms with Crippen LogP contribution in [0.15, 0.2) is 91.0 Å². The Morgan fingerprint density at radius 2 is 1.71 bits per heavy atom. The number of benzene rings is 4. The second-order valence-corrected chi connectivity index (χ2v) is 9.41. The molecule has 4 aromatic rings. The van der Waals surface area contributed by atoms with Crippen LogP contribution < -0.4 is 14.8 Å². The lowest BCUT2D eigenvalue weighted by molar-refractivity contribution is -0.139. The highest BCUT2D eigenvalue weighted by atomic mass is 35.5. The first kappa shape index (κ1) is 25.4. The minimum absolute atomic E-state index is 0.173. The topological polar surface area (TPSA) is 84.9 Å².